The number of nitro benzene ring substituents is 1. The lowest BCUT2D eigenvalue weighted by Gasteiger charge is -2.27. The first-order chi connectivity index (χ1) is 9.23. The van der Waals surface area contributed by atoms with E-state index in [4.69, 9.17) is 0 Å². The minimum atomic E-state index is -2.63. The molecule has 0 radical (unpaired) electrons. The minimum Gasteiger partial charge on any atom is -0.330 e. The van der Waals surface area contributed by atoms with E-state index >= 15 is 0 Å². The predicted molar refractivity (Wildman–Crippen MR) is 70.0 cm³/mol. The Hall–Kier alpha value is -2.05. The molecule has 0 aliphatic heterocycles. The normalized spacial score (nSPS) is 10.9. The first-order valence-corrected chi connectivity index (χ1v) is 6.08. The molecule has 0 unspecified atom stereocenters. The van der Waals surface area contributed by atoms with E-state index in [2.05, 4.69) is 0 Å². The fourth-order valence-electron chi connectivity index (χ4n) is 1.83. The fourth-order valence-corrected chi connectivity index (χ4v) is 1.83. The van der Waals surface area contributed by atoms with Gasteiger partial charge in [0.15, 0.2) is 0 Å². The molecule has 0 spiro atoms. The van der Waals surface area contributed by atoms with Gasteiger partial charge in [-0.2, -0.15) is 0 Å². The zero-order valence-electron chi connectivity index (χ0n) is 11.5. The molecule has 5 nitrogen and oxygen atoms in total. The number of aryl methyl sites for hydroxylation is 1. The molecule has 0 bridgehead atoms. The molecule has 1 aromatic rings. The molecule has 0 atom stereocenters. The van der Waals surface area contributed by atoms with Gasteiger partial charge < -0.3 is 4.90 Å². The summed E-state index contributed by atoms with van der Waals surface area (Å²) in [4.78, 5) is 23.4. The van der Waals surface area contributed by atoms with E-state index in [-0.39, 0.29) is 17.3 Å². The molecule has 110 valence electrons. The SMILES string of the molecule is Cc1cc([N+](=O)[O-])ccc1C(=O)N(CC(F)F)C(C)C. The number of carbonyl (C=O) groups excluding carboxylic acids is 1. The average Bonchev–Trinajstić information content (AvgIpc) is 2.34. The van der Waals surface area contributed by atoms with Gasteiger partial charge in [0, 0.05) is 23.7 Å². The van der Waals surface area contributed by atoms with Gasteiger partial charge in [0.05, 0.1) is 11.5 Å². The zero-order chi connectivity index (χ0) is 15.4. The number of carbonyl (C=O) groups is 1. The van der Waals surface area contributed by atoms with E-state index in [9.17, 15) is 23.7 Å². The summed E-state index contributed by atoms with van der Waals surface area (Å²) >= 11 is 0. The highest BCUT2D eigenvalue weighted by molar-refractivity contribution is 5.96. The number of hydrogen-bond donors (Lipinski definition) is 0. The van der Waals surface area contributed by atoms with Crippen molar-refractivity contribution in [3.8, 4) is 0 Å². The maximum absolute atomic E-state index is 12.5. The van der Waals surface area contributed by atoms with Crippen molar-refractivity contribution in [2.45, 2.75) is 33.2 Å². The van der Waals surface area contributed by atoms with Crippen LogP contribution in [0.1, 0.15) is 29.8 Å². The van der Waals surface area contributed by atoms with Gasteiger partial charge in [0.25, 0.3) is 18.0 Å². The summed E-state index contributed by atoms with van der Waals surface area (Å²) in [6.07, 6.45) is -2.63. The van der Waals surface area contributed by atoms with Crippen molar-refractivity contribution in [3.05, 3.63) is 39.4 Å². The molecule has 0 fully saturated rings. The highest BCUT2D eigenvalue weighted by Gasteiger charge is 2.24. The molecular weight excluding hydrogens is 270 g/mol. The maximum Gasteiger partial charge on any atom is 0.269 e. The summed E-state index contributed by atoms with van der Waals surface area (Å²) in [5.41, 5.74) is 0.457. The van der Waals surface area contributed by atoms with Crippen LogP contribution < -0.4 is 0 Å². The van der Waals surface area contributed by atoms with Crippen LogP contribution in [0.4, 0.5) is 14.5 Å². The Bertz CT molecular complexity index is 518. The summed E-state index contributed by atoms with van der Waals surface area (Å²) in [5.74, 6) is -0.548. The highest BCUT2D eigenvalue weighted by atomic mass is 19.3. The van der Waals surface area contributed by atoms with Gasteiger partial charge in [-0.25, -0.2) is 8.78 Å². The molecule has 0 saturated heterocycles. The van der Waals surface area contributed by atoms with Gasteiger partial charge in [-0.05, 0) is 32.4 Å². The monoisotopic (exact) mass is 286 g/mol. The van der Waals surface area contributed by atoms with Crippen LogP contribution in [0.3, 0.4) is 0 Å². The van der Waals surface area contributed by atoms with E-state index in [1.807, 2.05) is 0 Å². The molecule has 1 rings (SSSR count). The number of halogens is 2. The second kappa shape index (κ2) is 6.40. The molecule has 0 aromatic heterocycles. The summed E-state index contributed by atoms with van der Waals surface area (Å²) in [6.45, 7) is 4.16. The lowest BCUT2D eigenvalue weighted by Crippen LogP contribution is -2.40. The van der Waals surface area contributed by atoms with Crippen molar-refractivity contribution >= 4 is 11.6 Å². The minimum absolute atomic E-state index is 0.135. The second-order valence-corrected chi connectivity index (χ2v) is 4.70. The van der Waals surface area contributed by atoms with Crippen LogP contribution in [0, 0.1) is 17.0 Å². The largest absolute Gasteiger partial charge is 0.330 e. The number of nitro groups is 1. The zero-order valence-corrected chi connectivity index (χ0v) is 11.5. The number of amides is 1. The standard InChI is InChI=1S/C13H16F2N2O3/c1-8(2)16(7-12(14)15)13(18)11-5-4-10(17(19)20)6-9(11)3/h4-6,8,12H,7H2,1-3H3. The van der Waals surface area contributed by atoms with Gasteiger partial charge in [-0.3, -0.25) is 14.9 Å². The first-order valence-electron chi connectivity index (χ1n) is 6.08. The van der Waals surface area contributed by atoms with Gasteiger partial charge in [0.1, 0.15) is 0 Å². The number of alkyl halides is 2. The molecule has 0 aliphatic carbocycles. The molecular formula is C13H16F2N2O3. The lowest BCUT2D eigenvalue weighted by atomic mass is 10.1. The maximum atomic E-state index is 12.5. The van der Waals surface area contributed by atoms with Crippen LogP contribution in [-0.2, 0) is 0 Å². The van der Waals surface area contributed by atoms with Gasteiger partial charge in [-0.15, -0.1) is 0 Å². The first kappa shape index (κ1) is 16.0. The van der Waals surface area contributed by atoms with Crippen molar-refractivity contribution in [1.82, 2.24) is 4.90 Å². The van der Waals surface area contributed by atoms with E-state index in [1.165, 1.54) is 18.2 Å². The molecule has 0 aliphatic rings. The van der Waals surface area contributed by atoms with E-state index in [0.29, 0.717) is 5.56 Å². The van der Waals surface area contributed by atoms with E-state index < -0.39 is 23.8 Å². The Morgan fingerprint density at radius 2 is 2.00 bits per heavy atom. The predicted octanol–water partition coefficient (Wildman–Crippen LogP) is 3.02. The van der Waals surface area contributed by atoms with E-state index in [1.54, 1.807) is 20.8 Å². The Morgan fingerprint density at radius 1 is 1.40 bits per heavy atom. The number of hydrogen-bond acceptors (Lipinski definition) is 3. The third-order valence-corrected chi connectivity index (χ3v) is 2.87. The third kappa shape index (κ3) is 3.72. The van der Waals surface area contributed by atoms with Crippen molar-refractivity contribution in [1.29, 1.82) is 0 Å². The molecule has 20 heavy (non-hydrogen) atoms. The second-order valence-electron chi connectivity index (χ2n) is 4.70. The summed E-state index contributed by atoms with van der Waals surface area (Å²) in [7, 11) is 0. The topological polar surface area (TPSA) is 63.5 Å². The fraction of sp³-hybridized carbons (Fsp3) is 0.462. The number of non-ortho nitro benzene ring substituents is 1. The summed E-state index contributed by atoms with van der Waals surface area (Å²) < 4.78 is 25.0. The lowest BCUT2D eigenvalue weighted by molar-refractivity contribution is -0.384. The van der Waals surface area contributed by atoms with Gasteiger partial charge in [-0.1, -0.05) is 0 Å². The van der Waals surface area contributed by atoms with Crippen LogP contribution in [0.5, 0.6) is 0 Å². The molecule has 0 saturated carbocycles. The smallest absolute Gasteiger partial charge is 0.269 e. The summed E-state index contributed by atoms with van der Waals surface area (Å²) in [5, 5.41) is 10.6. The van der Waals surface area contributed by atoms with Crippen molar-refractivity contribution in [2.75, 3.05) is 6.54 Å². The Balaban J connectivity index is 3.09. The van der Waals surface area contributed by atoms with Crippen LogP contribution in [-0.4, -0.2) is 34.7 Å². The number of rotatable bonds is 5. The van der Waals surface area contributed by atoms with Crippen molar-refractivity contribution in [2.24, 2.45) is 0 Å². The Morgan fingerprint density at radius 3 is 2.40 bits per heavy atom. The average molecular weight is 286 g/mol. The molecule has 1 amide bonds. The molecule has 7 heteroatoms. The number of nitrogens with zero attached hydrogens (tertiary/aromatic N) is 2. The van der Waals surface area contributed by atoms with Crippen LogP contribution in [0.25, 0.3) is 0 Å². The summed E-state index contributed by atoms with van der Waals surface area (Å²) in [6, 6.07) is 3.37. The van der Waals surface area contributed by atoms with Crippen molar-refractivity contribution < 1.29 is 18.5 Å². The Kier molecular flexibility index (Phi) is 5.12. The quantitative estimate of drug-likeness (QED) is 0.617. The molecule has 1 aromatic carbocycles. The number of benzene rings is 1. The van der Waals surface area contributed by atoms with Gasteiger partial charge in [0.2, 0.25) is 0 Å². The van der Waals surface area contributed by atoms with Crippen LogP contribution in [0.2, 0.25) is 0 Å². The van der Waals surface area contributed by atoms with Gasteiger partial charge >= 0.3 is 0 Å². The Labute approximate surface area is 115 Å². The molecule has 0 heterocycles. The third-order valence-electron chi connectivity index (χ3n) is 2.87. The van der Waals surface area contributed by atoms with E-state index in [0.717, 1.165) is 4.90 Å². The highest BCUT2D eigenvalue weighted by Crippen LogP contribution is 2.20. The van der Waals surface area contributed by atoms with Crippen LogP contribution in [0.15, 0.2) is 18.2 Å². The van der Waals surface area contributed by atoms with Crippen molar-refractivity contribution in [3.63, 3.8) is 0 Å². The molecule has 0 N–H and O–H groups in total. The van der Waals surface area contributed by atoms with Crippen LogP contribution >= 0.6 is 0 Å².